The lowest BCUT2D eigenvalue weighted by Crippen LogP contribution is -2.41. The highest BCUT2D eigenvalue weighted by atomic mass is 19.4. The van der Waals surface area contributed by atoms with Gasteiger partial charge in [-0.15, -0.1) is 13.2 Å². The number of ether oxygens (including phenoxy) is 1. The number of amides is 1. The fraction of sp³-hybridized carbons (Fsp3) is 0.609. The molecule has 2 saturated carbocycles. The van der Waals surface area contributed by atoms with Crippen molar-refractivity contribution in [3.8, 4) is 0 Å². The van der Waals surface area contributed by atoms with Crippen molar-refractivity contribution in [3.63, 3.8) is 0 Å². The van der Waals surface area contributed by atoms with Gasteiger partial charge in [0.25, 0.3) is 0 Å². The Morgan fingerprint density at radius 2 is 1.87 bits per heavy atom. The molecule has 3 aliphatic rings. The molecule has 2 atom stereocenters. The zero-order valence-corrected chi connectivity index (χ0v) is 17.8. The van der Waals surface area contributed by atoms with E-state index in [-0.39, 0.29) is 23.3 Å². The average Bonchev–Trinajstić information content (AvgIpc) is 3.18. The lowest BCUT2D eigenvalue weighted by atomic mass is 9.77. The summed E-state index contributed by atoms with van der Waals surface area (Å²) in [5.74, 6) is 0.202. The number of carbonyl (C=O) groups excluding carboxylic acids is 1. The van der Waals surface area contributed by atoms with Gasteiger partial charge in [0.2, 0.25) is 5.91 Å². The summed E-state index contributed by atoms with van der Waals surface area (Å²) in [6.45, 7) is 4.09. The molecule has 8 heteroatoms. The van der Waals surface area contributed by atoms with Crippen molar-refractivity contribution in [2.24, 2.45) is 22.0 Å². The fourth-order valence-electron chi connectivity index (χ4n) is 4.64. The molecule has 1 aliphatic heterocycles. The van der Waals surface area contributed by atoms with E-state index in [1.165, 1.54) is 5.56 Å². The first-order valence-electron chi connectivity index (χ1n) is 10.9. The molecule has 1 heterocycles. The summed E-state index contributed by atoms with van der Waals surface area (Å²) in [5.41, 5.74) is 3.86. The molecule has 4 rings (SSSR count). The van der Waals surface area contributed by atoms with Crippen LogP contribution in [0.1, 0.15) is 56.6 Å². The highest BCUT2D eigenvalue weighted by Crippen LogP contribution is 2.49. The van der Waals surface area contributed by atoms with Crippen LogP contribution in [-0.4, -0.2) is 35.3 Å². The van der Waals surface area contributed by atoms with Crippen molar-refractivity contribution in [1.82, 2.24) is 5.32 Å². The molecular formula is C23H28F3N3O2. The SMILES string of the molecule is CCC1(NC(=O)CCc2ccc(C)cc2)CC1C1=NN=C(C2CC(OC(F)(F)F)C2)C1. The molecule has 5 nitrogen and oxygen atoms in total. The van der Waals surface area contributed by atoms with Crippen LogP contribution in [0.25, 0.3) is 0 Å². The van der Waals surface area contributed by atoms with Crippen LogP contribution in [0.4, 0.5) is 13.2 Å². The minimum absolute atomic E-state index is 0.00692. The Bertz CT molecular complexity index is 888. The second-order valence-electron chi connectivity index (χ2n) is 9.01. The molecule has 0 saturated heterocycles. The van der Waals surface area contributed by atoms with Gasteiger partial charge >= 0.3 is 6.36 Å². The minimum atomic E-state index is -4.58. The lowest BCUT2D eigenvalue weighted by molar-refractivity contribution is -0.352. The van der Waals surface area contributed by atoms with Crippen LogP contribution in [0, 0.1) is 18.8 Å². The van der Waals surface area contributed by atoms with Crippen LogP contribution in [0.5, 0.6) is 0 Å². The summed E-state index contributed by atoms with van der Waals surface area (Å²) in [6, 6.07) is 8.20. The van der Waals surface area contributed by atoms with Gasteiger partial charge in [-0.3, -0.25) is 9.53 Å². The standard InChI is InChI=1S/C23H28F3N3O2/c1-3-22(27-21(30)9-8-15-6-4-14(2)5-7-15)13-18(22)20-12-19(28-29-20)16-10-17(11-16)31-23(24,25)26/h4-7,16-18H,3,8-13H2,1-2H3,(H,27,30). The van der Waals surface area contributed by atoms with Gasteiger partial charge in [-0.2, -0.15) is 10.2 Å². The number of carbonyl (C=O) groups is 1. The van der Waals surface area contributed by atoms with E-state index in [0.29, 0.717) is 32.1 Å². The molecular weight excluding hydrogens is 407 g/mol. The number of nitrogens with zero attached hydrogens (tertiary/aromatic N) is 2. The van der Waals surface area contributed by atoms with Gasteiger partial charge in [-0.05, 0) is 44.6 Å². The van der Waals surface area contributed by atoms with Crippen LogP contribution >= 0.6 is 0 Å². The summed E-state index contributed by atoms with van der Waals surface area (Å²) < 4.78 is 40.9. The molecule has 1 aromatic carbocycles. The van der Waals surface area contributed by atoms with E-state index in [1.54, 1.807) is 0 Å². The van der Waals surface area contributed by atoms with E-state index in [1.807, 2.05) is 19.1 Å². The van der Waals surface area contributed by atoms with Crippen molar-refractivity contribution in [1.29, 1.82) is 0 Å². The monoisotopic (exact) mass is 435 g/mol. The Kier molecular flexibility index (Phi) is 5.94. The summed E-state index contributed by atoms with van der Waals surface area (Å²) >= 11 is 0. The van der Waals surface area contributed by atoms with Crippen molar-refractivity contribution in [3.05, 3.63) is 35.4 Å². The molecule has 1 N–H and O–H groups in total. The number of benzene rings is 1. The molecule has 1 aromatic rings. The molecule has 31 heavy (non-hydrogen) atoms. The summed E-state index contributed by atoms with van der Waals surface area (Å²) in [6.07, 6.45) is -1.31. The van der Waals surface area contributed by atoms with E-state index in [4.69, 9.17) is 0 Å². The maximum Gasteiger partial charge on any atom is 0.522 e. The predicted octanol–water partition coefficient (Wildman–Crippen LogP) is 4.73. The normalized spacial score (nSPS) is 29.8. The fourth-order valence-corrected chi connectivity index (χ4v) is 4.64. The van der Waals surface area contributed by atoms with Gasteiger partial charge in [0.15, 0.2) is 0 Å². The number of halogens is 3. The molecule has 0 spiro atoms. The Morgan fingerprint density at radius 3 is 2.52 bits per heavy atom. The third kappa shape index (κ3) is 5.17. The summed E-state index contributed by atoms with van der Waals surface area (Å²) in [7, 11) is 0. The first kappa shape index (κ1) is 22.0. The number of hydrogen-bond acceptors (Lipinski definition) is 4. The van der Waals surface area contributed by atoms with Gasteiger partial charge in [0.1, 0.15) is 0 Å². The predicted molar refractivity (Wildman–Crippen MR) is 112 cm³/mol. The average molecular weight is 435 g/mol. The molecule has 0 bridgehead atoms. The Labute approximate surface area is 180 Å². The van der Waals surface area contributed by atoms with Gasteiger partial charge in [-0.25, -0.2) is 0 Å². The molecule has 2 fully saturated rings. The maximum atomic E-state index is 12.6. The van der Waals surface area contributed by atoms with Crippen LogP contribution in [0.2, 0.25) is 0 Å². The molecule has 1 amide bonds. The first-order valence-corrected chi connectivity index (χ1v) is 10.9. The van der Waals surface area contributed by atoms with Gasteiger partial charge in [0, 0.05) is 35.9 Å². The largest absolute Gasteiger partial charge is 0.522 e. The van der Waals surface area contributed by atoms with Gasteiger partial charge < -0.3 is 5.32 Å². The Morgan fingerprint density at radius 1 is 1.19 bits per heavy atom. The zero-order valence-electron chi connectivity index (χ0n) is 17.8. The maximum absolute atomic E-state index is 12.6. The Hall–Kier alpha value is -2.22. The number of nitrogens with one attached hydrogen (secondary N) is 1. The minimum Gasteiger partial charge on any atom is -0.350 e. The van der Waals surface area contributed by atoms with Crippen molar-refractivity contribution >= 4 is 17.3 Å². The second-order valence-corrected chi connectivity index (χ2v) is 9.01. The van der Waals surface area contributed by atoms with E-state index in [9.17, 15) is 18.0 Å². The topological polar surface area (TPSA) is 63.0 Å². The second kappa shape index (κ2) is 8.37. The third-order valence-corrected chi connectivity index (χ3v) is 6.79. The quantitative estimate of drug-likeness (QED) is 0.642. The molecule has 168 valence electrons. The number of aryl methyl sites for hydroxylation is 2. The number of alkyl halides is 3. The van der Waals surface area contributed by atoms with Crippen LogP contribution in [-0.2, 0) is 16.0 Å². The van der Waals surface area contributed by atoms with Crippen molar-refractivity contribution in [2.75, 3.05) is 0 Å². The molecule has 2 aliphatic carbocycles. The highest BCUT2D eigenvalue weighted by molar-refractivity contribution is 6.11. The van der Waals surface area contributed by atoms with Crippen molar-refractivity contribution in [2.45, 2.75) is 76.8 Å². The van der Waals surface area contributed by atoms with Crippen molar-refractivity contribution < 1.29 is 22.7 Å². The van der Waals surface area contributed by atoms with E-state index in [0.717, 1.165) is 29.8 Å². The molecule has 0 aromatic heterocycles. The first-order chi connectivity index (χ1) is 14.7. The Balaban J connectivity index is 1.23. The zero-order chi connectivity index (χ0) is 22.2. The smallest absolute Gasteiger partial charge is 0.350 e. The highest BCUT2D eigenvalue weighted by Gasteiger charge is 2.57. The van der Waals surface area contributed by atoms with Crippen LogP contribution in [0.3, 0.4) is 0 Å². The van der Waals surface area contributed by atoms with E-state index >= 15 is 0 Å². The molecule has 2 unspecified atom stereocenters. The summed E-state index contributed by atoms with van der Waals surface area (Å²) in [4.78, 5) is 12.6. The molecule has 0 radical (unpaired) electrons. The summed E-state index contributed by atoms with van der Waals surface area (Å²) in [5, 5.41) is 11.8. The van der Waals surface area contributed by atoms with Crippen LogP contribution in [0.15, 0.2) is 34.5 Å². The lowest BCUT2D eigenvalue weighted by Gasteiger charge is -2.35. The van der Waals surface area contributed by atoms with E-state index < -0.39 is 12.5 Å². The van der Waals surface area contributed by atoms with Gasteiger partial charge in [0.05, 0.1) is 11.8 Å². The van der Waals surface area contributed by atoms with Gasteiger partial charge in [-0.1, -0.05) is 36.8 Å². The van der Waals surface area contributed by atoms with E-state index in [2.05, 4.69) is 39.3 Å². The number of rotatable bonds is 8. The number of hydrogen-bond donors (Lipinski definition) is 1. The third-order valence-electron chi connectivity index (χ3n) is 6.79. The van der Waals surface area contributed by atoms with Crippen LogP contribution < -0.4 is 5.32 Å².